The largest absolute Gasteiger partial charge is 0.378 e. The minimum Gasteiger partial charge on any atom is -0.378 e. The molecule has 1 aromatic rings. The number of anilines is 1. The average Bonchev–Trinajstić information content (AvgIpc) is 2.35. The van der Waals surface area contributed by atoms with E-state index in [4.69, 9.17) is 0 Å². The SMILES string of the molecule is CNCCN(C)C(=O)c1ccc(N(C)C)cc1. The molecule has 94 valence electrons. The minimum atomic E-state index is 0.0607. The molecular weight excluding hydrogens is 214 g/mol. The van der Waals surface area contributed by atoms with Crippen molar-refractivity contribution in [2.75, 3.05) is 46.2 Å². The molecule has 0 aliphatic rings. The molecule has 1 amide bonds. The number of likely N-dealkylation sites (N-methyl/N-ethyl adjacent to an activating group) is 2. The zero-order valence-electron chi connectivity index (χ0n) is 11.0. The molecule has 0 aliphatic carbocycles. The van der Waals surface area contributed by atoms with Gasteiger partial charge in [-0.15, -0.1) is 0 Å². The van der Waals surface area contributed by atoms with Crippen LogP contribution < -0.4 is 10.2 Å². The van der Waals surface area contributed by atoms with Crippen LogP contribution >= 0.6 is 0 Å². The first-order valence-corrected chi connectivity index (χ1v) is 5.73. The van der Waals surface area contributed by atoms with E-state index in [-0.39, 0.29) is 5.91 Å². The summed E-state index contributed by atoms with van der Waals surface area (Å²) in [4.78, 5) is 15.8. The highest BCUT2D eigenvalue weighted by Crippen LogP contribution is 2.13. The predicted molar refractivity (Wildman–Crippen MR) is 71.7 cm³/mol. The molecule has 17 heavy (non-hydrogen) atoms. The standard InChI is InChI=1S/C13H21N3O/c1-14-9-10-16(4)13(17)11-5-7-12(8-6-11)15(2)3/h5-8,14H,9-10H2,1-4H3. The van der Waals surface area contributed by atoms with E-state index in [0.717, 1.165) is 17.8 Å². The molecule has 0 aromatic heterocycles. The van der Waals surface area contributed by atoms with Crippen molar-refractivity contribution in [1.82, 2.24) is 10.2 Å². The molecule has 1 N–H and O–H groups in total. The third-order valence-corrected chi connectivity index (χ3v) is 2.67. The monoisotopic (exact) mass is 235 g/mol. The van der Waals surface area contributed by atoms with Gasteiger partial charge in [0.15, 0.2) is 0 Å². The molecule has 0 unspecified atom stereocenters. The number of carbonyl (C=O) groups excluding carboxylic acids is 1. The summed E-state index contributed by atoms with van der Waals surface area (Å²) in [6, 6.07) is 7.65. The maximum Gasteiger partial charge on any atom is 0.253 e. The van der Waals surface area contributed by atoms with E-state index in [2.05, 4.69) is 5.32 Å². The Morgan fingerprint density at radius 3 is 2.24 bits per heavy atom. The van der Waals surface area contributed by atoms with Crippen molar-refractivity contribution in [2.24, 2.45) is 0 Å². The number of hydrogen-bond acceptors (Lipinski definition) is 3. The van der Waals surface area contributed by atoms with E-state index >= 15 is 0 Å². The van der Waals surface area contributed by atoms with Crippen LogP contribution in [0.15, 0.2) is 24.3 Å². The Morgan fingerprint density at radius 1 is 1.18 bits per heavy atom. The Kier molecular flexibility index (Phi) is 4.97. The van der Waals surface area contributed by atoms with Gasteiger partial charge in [-0.2, -0.15) is 0 Å². The third-order valence-electron chi connectivity index (χ3n) is 2.67. The van der Waals surface area contributed by atoms with E-state index < -0.39 is 0 Å². The average molecular weight is 235 g/mol. The van der Waals surface area contributed by atoms with Crippen molar-refractivity contribution in [1.29, 1.82) is 0 Å². The van der Waals surface area contributed by atoms with Crippen molar-refractivity contribution >= 4 is 11.6 Å². The molecule has 0 saturated heterocycles. The molecule has 4 nitrogen and oxygen atoms in total. The molecule has 0 spiro atoms. The third kappa shape index (κ3) is 3.75. The summed E-state index contributed by atoms with van der Waals surface area (Å²) in [5.41, 5.74) is 1.83. The van der Waals surface area contributed by atoms with E-state index in [9.17, 15) is 4.79 Å². The molecule has 1 aromatic carbocycles. The summed E-state index contributed by atoms with van der Waals surface area (Å²) >= 11 is 0. The van der Waals surface area contributed by atoms with Crippen LogP contribution in [0, 0.1) is 0 Å². The lowest BCUT2D eigenvalue weighted by molar-refractivity contribution is 0.0797. The number of rotatable bonds is 5. The predicted octanol–water partition coefficient (Wildman–Crippen LogP) is 1.04. The van der Waals surface area contributed by atoms with Gasteiger partial charge in [-0.25, -0.2) is 0 Å². The van der Waals surface area contributed by atoms with Crippen molar-refractivity contribution in [3.05, 3.63) is 29.8 Å². The van der Waals surface area contributed by atoms with Crippen LogP contribution in [0.4, 0.5) is 5.69 Å². The van der Waals surface area contributed by atoms with Gasteiger partial charge in [0.05, 0.1) is 0 Å². The number of hydrogen-bond donors (Lipinski definition) is 1. The first-order chi connectivity index (χ1) is 8.06. The number of benzene rings is 1. The summed E-state index contributed by atoms with van der Waals surface area (Å²) in [6.07, 6.45) is 0. The second kappa shape index (κ2) is 6.25. The molecule has 0 saturated carbocycles. The maximum absolute atomic E-state index is 12.0. The zero-order chi connectivity index (χ0) is 12.8. The smallest absolute Gasteiger partial charge is 0.253 e. The highest BCUT2D eigenvalue weighted by atomic mass is 16.2. The molecule has 1 rings (SSSR count). The zero-order valence-corrected chi connectivity index (χ0v) is 11.0. The van der Waals surface area contributed by atoms with Gasteiger partial charge < -0.3 is 15.1 Å². The minimum absolute atomic E-state index is 0.0607. The second-order valence-electron chi connectivity index (χ2n) is 4.27. The second-order valence-corrected chi connectivity index (χ2v) is 4.27. The van der Waals surface area contributed by atoms with E-state index in [1.807, 2.05) is 57.4 Å². The topological polar surface area (TPSA) is 35.6 Å². The Morgan fingerprint density at radius 2 is 1.76 bits per heavy atom. The molecule has 4 heteroatoms. The Bertz CT molecular complexity index is 359. The van der Waals surface area contributed by atoms with Crippen LogP contribution in [0.3, 0.4) is 0 Å². The summed E-state index contributed by atoms with van der Waals surface area (Å²) in [7, 11) is 7.66. The van der Waals surface area contributed by atoms with Crippen molar-refractivity contribution in [3.8, 4) is 0 Å². The fraction of sp³-hybridized carbons (Fsp3) is 0.462. The lowest BCUT2D eigenvalue weighted by Crippen LogP contribution is -2.32. The van der Waals surface area contributed by atoms with E-state index in [0.29, 0.717) is 6.54 Å². The van der Waals surface area contributed by atoms with Crippen molar-refractivity contribution in [2.45, 2.75) is 0 Å². The van der Waals surface area contributed by atoms with Gasteiger partial charge in [0.2, 0.25) is 0 Å². The Hall–Kier alpha value is -1.55. The van der Waals surface area contributed by atoms with Gasteiger partial charge >= 0.3 is 0 Å². The fourth-order valence-electron chi connectivity index (χ4n) is 1.50. The maximum atomic E-state index is 12.0. The van der Waals surface area contributed by atoms with Crippen molar-refractivity contribution in [3.63, 3.8) is 0 Å². The van der Waals surface area contributed by atoms with Crippen LogP contribution in [-0.4, -0.2) is 52.1 Å². The van der Waals surface area contributed by atoms with Crippen LogP contribution in [0.2, 0.25) is 0 Å². The van der Waals surface area contributed by atoms with Crippen molar-refractivity contribution < 1.29 is 4.79 Å². The van der Waals surface area contributed by atoms with Crippen LogP contribution in [0.1, 0.15) is 10.4 Å². The lowest BCUT2D eigenvalue weighted by Gasteiger charge is -2.18. The summed E-state index contributed by atoms with van der Waals surface area (Å²) < 4.78 is 0. The number of nitrogens with zero attached hydrogens (tertiary/aromatic N) is 2. The van der Waals surface area contributed by atoms with E-state index in [1.165, 1.54) is 0 Å². The van der Waals surface area contributed by atoms with Gasteiger partial charge in [0.1, 0.15) is 0 Å². The molecule has 0 fully saturated rings. The van der Waals surface area contributed by atoms with Crippen LogP contribution in [-0.2, 0) is 0 Å². The Labute approximate surface area is 103 Å². The molecule has 0 radical (unpaired) electrons. The highest BCUT2D eigenvalue weighted by Gasteiger charge is 2.10. The molecule has 0 bridgehead atoms. The normalized spacial score (nSPS) is 10.1. The first kappa shape index (κ1) is 13.5. The summed E-state index contributed by atoms with van der Waals surface area (Å²) in [5, 5.41) is 3.03. The van der Waals surface area contributed by atoms with Gasteiger partial charge in [-0.3, -0.25) is 4.79 Å². The lowest BCUT2D eigenvalue weighted by atomic mass is 10.2. The summed E-state index contributed by atoms with van der Waals surface area (Å²) in [5.74, 6) is 0.0607. The number of carbonyl (C=O) groups is 1. The molecule has 0 aliphatic heterocycles. The fourth-order valence-corrected chi connectivity index (χ4v) is 1.50. The number of amides is 1. The van der Waals surface area contributed by atoms with Gasteiger partial charge in [-0.05, 0) is 31.3 Å². The van der Waals surface area contributed by atoms with Gasteiger partial charge in [0, 0.05) is 45.5 Å². The molecule has 0 heterocycles. The Balaban J connectivity index is 2.69. The summed E-state index contributed by atoms with van der Waals surface area (Å²) in [6.45, 7) is 1.52. The highest BCUT2D eigenvalue weighted by molar-refractivity contribution is 5.94. The quantitative estimate of drug-likeness (QED) is 0.828. The molecule has 0 atom stereocenters. The molecular formula is C13H21N3O. The number of nitrogens with one attached hydrogen (secondary N) is 1. The van der Waals surface area contributed by atoms with Crippen LogP contribution in [0.5, 0.6) is 0 Å². The van der Waals surface area contributed by atoms with E-state index in [1.54, 1.807) is 4.90 Å². The van der Waals surface area contributed by atoms with Gasteiger partial charge in [-0.1, -0.05) is 0 Å². The van der Waals surface area contributed by atoms with Gasteiger partial charge in [0.25, 0.3) is 5.91 Å². The first-order valence-electron chi connectivity index (χ1n) is 5.73. The van der Waals surface area contributed by atoms with Crippen LogP contribution in [0.25, 0.3) is 0 Å².